The van der Waals surface area contributed by atoms with Gasteiger partial charge in [0.15, 0.2) is 5.69 Å². The molecule has 0 spiro atoms. The van der Waals surface area contributed by atoms with Crippen molar-refractivity contribution in [3.8, 4) is 0 Å². The molecule has 0 saturated heterocycles. The summed E-state index contributed by atoms with van der Waals surface area (Å²) in [4.78, 5) is 23.2. The molecular weight excluding hydrogens is 232 g/mol. The molecule has 1 aromatic carbocycles. The van der Waals surface area contributed by atoms with Gasteiger partial charge in [-0.2, -0.15) is 5.10 Å². The van der Waals surface area contributed by atoms with Gasteiger partial charge in [0.1, 0.15) is 0 Å². The Kier molecular flexibility index (Phi) is 3.38. The molecule has 92 valence electrons. The van der Waals surface area contributed by atoms with E-state index in [9.17, 15) is 9.59 Å². The number of amides is 2. The molecule has 0 atom stereocenters. The van der Waals surface area contributed by atoms with Crippen molar-refractivity contribution in [3.05, 3.63) is 53.9 Å². The fourth-order valence-corrected chi connectivity index (χ4v) is 1.38. The molecule has 6 nitrogen and oxygen atoms in total. The molecule has 2 aromatic rings. The predicted octanol–water partition coefficient (Wildman–Crippen LogP) is 0.495. The van der Waals surface area contributed by atoms with Gasteiger partial charge in [0, 0.05) is 18.8 Å². The summed E-state index contributed by atoms with van der Waals surface area (Å²) in [5.74, 6) is -0.834. The SMILES string of the molecule is Cn1ccc(C(=O)NNC(=O)c2ccccc2)n1. The quantitative estimate of drug-likeness (QED) is 0.755. The van der Waals surface area contributed by atoms with E-state index in [0.717, 1.165) is 0 Å². The second-order valence-electron chi connectivity index (χ2n) is 3.65. The number of carbonyl (C=O) groups is 2. The Morgan fingerprint density at radius 2 is 1.72 bits per heavy atom. The minimum atomic E-state index is -0.458. The van der Waals surface area contributed by atoms with Crippen LogP contribution in [-0.4, -0.2) is 21.6 Å². The molecule has 0 unspecified atom stereocenters. The first-order valence-corrected chi connectivity index (χ1v) is 5.32. The molecule has 0 aliphatic rings. The standard InChI is InChI=1S/C12H12N4O2/c1-16-8-7-10(15-16)12(18)14-13-11(17)9-5-3-2-4-6-9/h2-8H,1H3,(H,13,17)(H,14,18). The molecule has 6 heteroatoms. The maximum Gasteiger partial charge on any atom is 0.290 e. The number of nitrogens with one attached hydrogen (secondary N) is 2. The number of carbonyl (C=O) groups excluding carboxylic acids is 2. The minimum Gasteiger partial charge on any atom is -0.275 e. The van der Waals surface area contributed by atoms with Gasteiger partial charge in [-0.1, -0.05) is 18.2 Å². The van der Waals surface area contributed by atoms with Gasteiger partial charge < -0.3 is 0 Å². The van der Waals surface area contributed by atoms with Crippen LogP contribution in [0.25, 0.3) is 0 Å². The first-order valence-electron chi connectivity index (χ1n) is 5.32. The lowest BCUT2D eigenvalue weighted by atomic mass is 10.2. The van der Waals surface area contributed by atoms with E-state index in [1.807, 2.05) is 6.07 Å². The second kappa shape index (κ2) is 5.13. The van der Waals surface area contributed by atoms with E-state index in [4.69, 9.17) is 0 Å². The summed E-state index contributed by atoms with van der Waals surface area (Å²) in [6.07, 6.45) is 1.65. The van der Waals surface area contributed by atoms with Crippen molar-refractivity contribution in [2.45, 2.75) is 0 Å². The molecular formula is C12H12N4O2. The summed E-state index contributed by atoms with van der Waals surface area (Å²) in [7, 11) is 1.71. The number of aromatic nitrogens is 2. The Bertz CT molecular complexity index is 562. The second-order valence-corrected chi connectivity index (χ2v) is 3.65. The van der Waals surface area contributed by atoms with Gasteiger partial charge in [-0.25, -0.2) is 0 Å². The number of rotatable bonds is 2. The van der Waals surface area contributed by atoms with Crippen molar-refractivity contribution in [1.82, 2.24) is 20.6 Å². The third kappa shape index (κ3) is 2.73. The van der Waals surface area contributed by atoms with E-state index < -0.39 is 5.91 Å². The molecule has 1 aromatic heterocycles. The zero-order valence-corrected chi connectivity index (χ0v) is 9.75. The topological polar surface area (TPSA) is 76.0 Å². The van der Waals surface area contributed by atoms with Crippen LogP contribution in [0.4, 0.5) is 0 Å². The monoisotopic (exact) mass is 244 g/mol. The van der Waals surface area contributed by atoms with Crippen LogP contribution < -0.4 is 10.9 Å². The number of hydrogen-bond acceptors (Lipinski definition) is 3. The zero-order chi connectivity index (χ0) is 13.0. The van der Waals surface area contributed by atoms with Crippen LogP contribution in [-0.2, 0) is 7.05 Å². The molecule has 2 rings (SSSR count). The normalized spacial score (nSPS) is 9.83. The summed E-state index contributed by atoms with van der Waals surface area (Å²) < 4.78 is 1.51. The molecule has 18 heavy (non-hydrogen) atoms. The lowest BCUT2D eigenvalue weighted by Gasteiger charge is -2.05. The van der Waals surface area contributed by atoms with Crippen LogP contribution in [0, 0.1) is 0 Å². The number of hydrazine groups is 1. The largest absolute Gasteiger partial charge is 0.290 e. The lowest BCUT2D eigenvalue weighted by Crippen LogP contribution is -2.41. The number of hydrogen-bond donors (Lipinski definition) is 2. The molecule has 0 aliphatic heterocycles. The third-order valence-electron chi connectivity index (χ3n) is 2.27. The number of aryl methyl sites for hydroxylation is 1. The number of benzene rings is 1. The van der Waals surface area contributed by atoms with E-state index >= 15 is 0 Å². The van der Waals surface area contributed by atoms with Gasteiger partial charge >= 0.3 is 0 Å². The van der Waals surface area contributed by atoms with Crippen molar-refractivity contribution < 1.29 is 9.59 Å². The third-order valence-corrected chi connectivity index (χ3v) is 2.27. The highest BCUT2D eigenvalue weighted by atomic mass is 16.2. The van der Waals surface area contributed by atoms with Crippen LogP contribution >= 0.6 is 0 Å². The maximum atomic E-state index is 11.6. The average Bonchev–Trinajstić information content (AvgIpc) is 2.83. The highest BCUT2D eigenvalue weighted by molar-refractivity contribution is 5.98. The molecule has 2 N–H and O–H groups in total. The average molecular weight is 244 g/mol. The van der Waals surface area contributed by atoms with Gasteiger partial charge in [0.25, 0.3) is 11.8 Å². The zero-order valence-electron chi connectivity index (χ0n) is 9.75. The summed E-state index contributed by atoms with van der Waals surface area (Å²) in [5, 5.41) is 3.91. The molecule has 2 amide bonds. The predicted molar refractivity (Wildman–Crippen MR) is 64.6 cm³/mol. The molecule has 0 saturated carbocycles. The van der Waals surface area contributed by atoms with Crippen LogP contribution in [0.1, 0.15) is 20.8 Å². The lowest BCUT2D eigenvalue weighted by molar-refractivity contribution is 0.0843. The van der Waals surface area contributed by atoms with Crippen LogP contribution in [0.2, 0.25) is 0 Å². The molecule has 1 heterocycles. The van der Waals surface area contributed by atoms with Gasteiger partial charge in [-0.3, -0.25) is 25.1 Å². The molecule has 0 radical (unpaired) electrons. The van der Waals surface area contributed by atoms with E-state index in [1.165, 1.54) is 4.68 Å². The van der Waals surface area contributed by atoms with E-state index in [0.29, 0.717) is 5.56 Å². The van der Waals surface area contributed by atoms with Crippen LogP contribution in [0.15, 0.2) is 42.6 Å². The summed E-state index contributed by atoms with van der Waals surface area (Å²) in [6, 6.07) is 10.2. The fourth-order valence-electron chi connectivity index (χ4n) is 1.38. The number of nitrogens with zero attached hydrogens (tertiary/aromatic N) is 2. The summed E-state index contributed by atoms with van der Waals surface area (Å²) >= 11 is 0. The van der Waals surface area contributed by atoms with E-state index in [1.54, 1.807) is 43.6 Å². The Labute approximate surface area is 104 Å². The Balaban J connectivity index is 1.92. The van der Waals surface area contributed by atoms with Gasteiger partial charge in [-0.05, 0) is 18.2 Å². The molecule has 0 bridgehead atoms. The van der Waals surface area contributed by atoms with Gasteiger partial charge in [0.05, 0.1) is 0 Å². The van der Waals surface area contributed by atoms with Gasteiger partial charge in [0.2, 0.25) is 0 Å². The Morgan fingerprint density at radius 3 is 2.33 bits per heavy atom. The van der Waals surface area contributed by atoms with E-state index in [-0.39, 0.29) is 11.6 Å². The van der Waals surface area contributed by atoms with Gasteiger partial charge in [-0.15, -0.1) is 0 Å². The van der Waals surface area contributed by atoms with E-state index in [2.05, 4.69) is 16.0 Å². The highest BCUT2D eigenvalue weighted by Gasteiger charge is 2.10. The minimum absolute atomic E-state index is 0.242. The van der Waals surface area contributed by atoms with Crippen LogP contribution in [0.5, 0.6) is 0 Å². The summed E-state index contributed by atoms with van der Waals surface area (Å²) in [6.45, 7) is 0. The smallest absolute Gasteiger partial charge is 0.275 e. The van der Waals surface area contributed by atoms with Crippen molar-refractivity contribution in [3.63, 3.8) is 0 Å². The first-order chi connectivity index (χ1) is 8.66. The Morgan fingerprint density at radius 1 is 1.06 bits per heavy atom. The highest BCUT2D eigenvalue weighted by Crippen LogP contribution is 1.97. The summed E-state index contributed by atoms with van der Waals surface area (Å²) in [5.41, 5.74) is 5.33. The maximum absolute atomic E-state index is 11.6. The fraction of sp³-hybridized carbons (Fsp3) is 0.0833. The van der Waals surface area contributed by atoms with Crippen molar-refractivity contribution in [2.24, 2.45) is 7.05 Å². The van der Waals surface area contributed by atoms with Crippen molar-refractivity contribution in [2.75, 3.05) is 0 Å². The van der Waals surface area contributed by atoms with Crippen molar-refractivity contribution in [1.29, 1.82) is 0 Å². The first kappa shape index (κ1) is 11.8. The van der Waals surface area contributed by atoms with Crippen LogP contribution in [0.3, 0.4) is 0 Å². The Hall–Kier alpha value is -2.63. The van der Waals surface area contributed by atoms with Crippen molar-refractivity contribution >= 4 is 11.8 Å². The molecule has 0 aliphatic carbocycles. The molecule has 0 fully saturated rings.